The maximum absolute atomic E-state index is 9.64. The molecule has 0 fully saturated rings. The van der Waals surface area contributed by atoms with Crippen LogP contribution in [0.1, 0.15) is 12.8 Å². The molecule has 0 heterocycles. The van der Waals surface area contributed by atoms with Crippen LogP contribution in [0, 0.1) is 0 Å². The summed E-state index contributed by atoms with van der Waals surface area (Å²) in [7, 11) is 0. The first-order valence-electron chi connectivity index (χ1n) is 4.95. The van der Waals surface area contributed by atoms with Crippen molar-refractivity contribution in [3.63, 3.8) is 0 Å². The number of aliphatic hydroxyl groups is 5. The van der Waals surface area contributed by atoms with Crippen molar-refractivity contribution in [2.45, 2.75) is 31.2 Å². The number of carboxylic acids is 2. The predicted molar refractivity (Wildman–Crippen MR) is 56.7 cm³/mol. The van der Waals surface area contributed by atoms with E-state index in [1.54, 1.807) is 0 Å². The number of carboxylic acid groups (broad SMARTS) is 2. The summed E-state index contributed by atoms with van der Waals surface area (Å²) < 4.78 is 0. The third-order valence-corrected chi connectivity index (χ3v) is 1.72. The summed E-state index contributed by atoms with van der Waals surface area (Å²) in [6.45, 7) is -1.28. The van der Waals surface area contributed by atoms with Crippen molar-refractivity contribution >= 4 is 11.9 Å². The van der Waals surface area contributed by atoms with Crippen molar-refractivity contribution in [2.75, 3.05) is 13.2 Å². The molecule has 9 heteroatoms. The van der Waals surface area contributed by atoms with Crippen LogP contribution in [0.3, 0.4) is 0 Å². The quantitative estimate of drug-likeness (QED) is 0.254. The zero-order valence-corrected chi connectivity index (χ0v) is 9.51. The normalized spacial score (nSPS) is 14.9. The molecule has 0 spiro atoms. The summed E-state index contributed by atoms with van der Waals surface area (Å²) in [6.07, 6.45) is -4.88. The van der Waals surface area contributed by atoms with E-state index in [2.05, 4.69) is 0 Å². The predicted octanol–water partition coefficient (Wildman–Crippen LogP) is -3.01. The highest BCUT2D eigenvalue weighted by Crippen LogP contribution is 1.98. The Morgan fingerprint density at radius 1 is 0.778 bits per heavy atom. The molecule has 0 aliphatic carbocycles. The molecular formula is C9H18O9. The summed E-state index contributed by atoms with van der Waals surface area (Å²) in [5.41, 5.74) is 0. The molecule has 7 N–H and O–H groups in total. The summed E-state index contributed by atoms with van der Waals surface area (Å²) in [4.78, 5) is 19.3. The highest BCUT2D eigenvalue weighted by molar-refractivity contribution is 5.75. The third kappa shape index (κ3) is 11.2. The summed E-state index contributed by atoms with van der Waals surface area (Å²) in [5, 5.41) is 58.4. The Balaban J connectivity index is 0. The smallest absolute Gasteiger partial charge is 0.303 e. The van der Waals surface area contributed by atoms with Crippen LogP contribution in [0.25, 0.3) is 0 Å². The molecule has 0 bridgehead atoms. The van der Waals surface area contributed by atoms with Gasteiger partial charge in [0, 0.05) is 0 Å². The molecule has 0 aliphatic heterocycles. The number of aliphatic hydroxyl groups excluding tert-OH is 5. The van der Waals surface area contributed by atoms with Crippen molar-refractivity contribution in [1.29, 1.82) is 0 Å². The monoisotopic (exact) mass is 270 g/mol. The number of carbonyl (C=O) groups is 2. The molecule has 0 aromatic carbocycles. The highest BCUT2D eigenvalue weighted by Gasteiger charge is 2.22. The van der Waals surface area contributed by atoms with Gasteiger partial charge < -0.3 is 35.7 Å². The fourth-order valence-electron chi connectivity index (χ4n) is 0.686. The molecule has 9 nitrogen and oxygen atoms in total. The lowest BCUT2D eigenvalue weighted by atomic mass is 10.1. The molecule has 0 saturated carbocycles. The van der Waals surface area contributed by atoms with E-state index in [4.69, 9.17) is 35.7 Å². The number of hydrogen-bond acceptors (Lipinski definition) is 7. The first kappa shape index (κ1) is 19.1. The fraction of sp³-hybridized carbons (Fsp3) is 0.778. The van der Waals surface area contributed by atoms with E-state index in [-0.39, 0.29) is 12.8 Å². The van der Waals surface area contributed by atoms with E-state index in [1.807, 2.05) is 0 Å². The van der Waals surface area contributed by atoms with Crippen LogP contribution < -0.4 is 0 Å². The average molecular weight is 270 g/mol. The van der Waals surface area contributed by atoms with Crippen LogP contribution in [-0.4, -0.2) is 79.2 Å². The van der Waals surface area contributed by atoms with E-state index in [1.165, 1.54) is 0 Å². The second-order valence-corrected chi connectivity index (χ2v) is 3.28. The fourth-order valence-corrected chi connectivity index (χ4v) is 0.686. The van der Waals surface area contributed by atoms with Gasteiger partial charge in [0.05, 0.1) is 26.1 Å². The van der Waals surface area contributed by atoms with E-state index in [0.717, 1.165) is 0 Å². The molecule has 0 aromatic rings. The first-order valence-corrected chi connectivity index (χ1v) is 4.95. The van der Waals surface area contributed by atoms with Crippen molar-refractivity contribution in [2.24, 2.45) is 0 Å². The topological polar surface area (TPSA) is 176 Å². The summed E-state index contributed by atoms with van der Waals surface area (Å²) in [5.74, 6) is -2.15. The SMILES string of the molecule is O=C(O)CCC(=O)O.OC[C@@H](O)C(O)[C@@H](O)CO. The van der Waals surface area contributed by atoms with Crippen molar-refractivity contribution in [1.82, 2.24) is 0 Å². The molecule has 0 amide bonds. The van der Waals surface area contributed by atoms with Crippen LogP contribution in [-0.2, 0) is 9.59 Å². The second-order valence-electron chi connectivity index (χ2n) is 3.28. The maximum atomic E-state index is 9.64. The Hall–Kier alpha value is -1.26. The number of aliphatic carboxylic acids is 2. The largest absolute Gasteiger partial charge is 0.481 e. The van der Waals surface area contributed by atoms with Crippen LogP contribution in [0.4, 0.5) is 0 Å². The average Bonchev–Trinajstić information content (AvgIpc) is 2.34. The first-order chi connectivity index (χ1) is 8.26. The van der Waals surface area contributed by atoms with Gasteiger partial charge in [-0.25, -0.2) is 0 Å². The molecule has 18 heavy (non-hydrogen) atoms. The van der Waals surface area contributed by atoms with Gasteiger partial charge in [0.2, 0.25) is 0 Å². The van der Waals surface area contributed by atoms with Gasteiger partial charge in [-0.1, -0.05) is 0 Å². The molecule has 1 unspecified atom stereocenters. The van der Waals surface area contributed by atoms with Gasteiger partial charge in [-0.3, -0.25) is 9.59 Å². The standard InChI is InChI=1S/C5H12O5.C4H6O4/c6-1-3(8)5(10)4(9)2-7;5-3(6)1-2-4(7)8/h3-10H,1-2H2;1-2H2,(H,5,6)(H,7,8)/t3-,4+,5?;. The Morgan fingerprint density at radius 3 is 1.22 bits per heavy atom. The van der Waals surface area contributed by atoms with Gasteiger partial charge in [-0.2, -0.15) is 0 Å². The zero-order valence-electron chi connectivity index (χ0n) is 9.51. The number of hydrogen-bond donors (Lipinski definition) is 7. The van der Waals surface area contributed by atoms with Crippen LogP contribution in [0.5, 0.6) is 0 Å². The molecule has 0 aromatic heterocycles. The minimum atomic E-state index is -1.49. The molecule has 0 saturated heterocycles. The maximum Gasteiger partial charge on any atom is 0.303 e. The van der Waals surface area contributed by atoms with Gasteiger partial charge >= 0.3 is 11.9 Å². The van der Waals surface area contributed by atoms with E-state index in [0.29, 0.717) is 0 Å². The third-order valence-electron chi connectivity index (χ3n) is 1.72. The molecule has 0 radical (unpaired) electrons. The van der Waals surface area contributed by atoms with Crippen LogP contribution in [0.15, 0.2) is 0 Å². The van der Waals surface area contributed by atoms with E-state index >= 15 is 0 Å². The van der Waals surface area contributed by atoms with Gasteiger partial charge in [0.1, 0.15) is 18.3 Å². The minimum absolute atomic E-state index is 0.296. The Kier molecular flexibility index (Phi) is 11.5. The van der Waals surface area contributed by atoms with Crippen molar-refractivity contribution < 1.29 is 45.3 Å². The highest BCUT2D eigenvalue weighted by atomic mass is 16.4. The molecule has 3 atom stereocenters. The Bertz CT molecular complexity index is 218. The van der Waals surface area contributed by atoms with E-state index in [9.17, 15) is 9.59 Å². The van der Waals surface area contributed by atoms with Gasteiger partial charge in [-0.15, -0.1) is 0 Å². The van der Waals surface area contributed by atoms with Crippen molar-refractivity contribution in [3.05, 3.63) is 0 Å². The van der Waals surface area contributed by atoms with Crippen LogP contribution in [0.2, 0.25) is 0 Å². The minimum Gasteiger partial charge on any atom is -0.481 e. The number of rotatable bonds is 7. The summed E-state index contributed by atoms with van der Waals surface area (Å²) in [6, 6.07) is 0. The van der Waals surface area contributed by atoms with Crippen LogP contribution >= 0.6 is 0 Å². The Labute approximate surface area is 103 Å². The lowest BCUT2D eigenvalue weighted by Gasteiger charge is -2.19. The molecule has 0 aliphatic rings. The van der Waals surface area contributed by atoms with E-state index < -0.39 is 43.5 Å². The summed E-state index contributed by atoms with van der Waals surface area (Å²) >= 11 is 0. The Morgan fingerprint density at radius 2 is 1.06 bits per heavy atom. The van der Waals surface area contributed by atoms with Crippen molar-refractivity contribution in [3.8, 4) is 0 Å². The molecule has 0 rings (SSSR count). The van der Waals surface area contributed by atoms with Gasteiger partial charge in [-0.05, 0) is 0 Å². The molecule has 108 valence electrons. The van der Waals surface area contributed by atoms with Gasteiger partial charge in [0.15, 0.2) is 0 Å². The van der Waals surface area contributed by atoms with Gasteiger partial charge in [0.25, 0.3) is 0 Å². The second kappa shape index (κ2) is 10.9. The molecular weight excluding hydrogens is 252 g/mol. The zero-order chi connectivity index (χ0) is 14.7. The lowest BCUT2D eigenvalue weighted by Crippen LogP contribution is -2.41. The lowest BCUT2D eigenvalue weighted by molar-refractivity contribution is -0.143.